The molecule has 142 valence electrons. The van der Waals surface area contributed by atoms with Gasteiger partial charge in [-0.15, -0.1) is 0 Å². The van der Waals surface area contributed by atoms with Gasteiger partial charge in [-0.1, -0.05) is 42.5 Å². The Morgan fingerprint density at radius 1 is 1.07 bits per heavy atom. The van der Waals surface area contributed by atoms with Gasteiger partial charge in [0.1, 0.15) is 11.7 Å². The number of urea groups is 1. The number of alkyl halides is 3. The number of carbonyl (C=O) groups excluding carboxylic acids is 2. The van der Waals surface area contributed by atoms with Crippen LogP contribution in [-0.2, 0) is 0 Å². The zero-order valence-corrected chi connectivity index (χ0v) is 13.6. The van der Waals surface area contributed by atoms with Gasteiger partial charge in [-0.3, -0.25) is 4.79 Å². The van der Waals surface area contributed by atoms with E-state index in [-0.39, 0.29) is 11.1 Å². The van der Waals surface area contributed by atoms with E-state index in [0.717, 1.165) is 12.1 Å². The van der Waals surface area contributed by atoms with Crippen LogP contribution in [0.4, 0.5) is 22.4 Å². The van der Waals surface area contributed by atoms with Gasteiger partial charge in [0.25, 0.3) is 0 Å². The quantitative estimate of drug-likeness (QED) is 0.564. The molecule has 1 saturated heterocycles. The highest BCUT2D eigenvalue weighted by Crippen LogP contribution is 2.43. The molecule has 2 aromatic rings. The van der Waals surface area contributed by atoms with E-state index < -0.39 is 41.5 Å². The molecule has 0 unspecified atom stereocenters. The Kier molecular flexibility index (Phi) is 4.64. The lowest BCUT2D eigenvalue weighted by molar-refractivity contribution is -0.287. The highest BCUT2D eigenvalue weighted by Gasteiger charge is 2.66. The van der Waals surface area contributed by atoms with Crippen molar-refractivity contribution in [1.29, 1.82) is 0 Å². The van der Waals surface area contributed by atoms with E-state index in [2.05, 4.69) is 5.32 Å². The maximum atomic E-state index is 13.7. The standard InChI is InChI=1S/C18H14F4N2O3/c19-12-8-4-7-11(9-12)14-13(15(25)10-5-2-1-3-6-10)17(27,18(20,21)22)24-16(26)23-14/h1-9,13-14,27H,(H2,23,24,26)/t13-,14-,17+/m0/s1. The van der Waals surface area contributed by atoms with Crippen LogP contribution >= 0.6 is 0 Å². The molecule has 3 rings (SSSR count). The minimum Gasteiger partial charge on any atom is -0.363 e. The number of Topliss-reactive ketones (excluding diaryl/α,β-unsaturated/α-hetero) is 1. The van der Waals surface area contributed by atoms with Gasteiger partial charge >= 0.3 is 12.2 Å². The molecular formula is C18H14F4N2O3. The van der Waals surface area contributed by atoms with Gasteiger partial charge < -0.3 is 15.7 Å². The van der Waals surface area contributed by atoms with Crippen LogP contribution in [0, 0.1) is 11.7 Å². The van der Waals surface area contributed by atoms with Crippen LogP contribution in [0.15, 0.2) is 54.6 Å². The average Bonchev–Trinajstić information content (AvgIpc) is 2.60. The van der Waals surface area contributed by atoms with E-state index in [9.17, 15) is 32.3 Å². The van der Waals surface area contributed by atoms with Gasteiger partial charge in [0, 0.05) is 5.56 Å². The summed E-state index contributed by atoms with van der Waals surface area (Å²) >= 11 is 0. The zero-order chi connectivity index (χ0) is 19.8. The summed E-state index contributed by atoms with van der Waals surface area (Å²) in [6.07, 6.45) is -5.36. The molecule has 1 fully saturated rings. The number of hydrogen-bond acceptors (Lipinski definition) is 3. The van der Waals surface area contributed by atoms with E-state index in [0.29, 0.717) is 0 Å². The maximum absolute atomic E-state index is 13.7. The smallest absolute Gasteiger partial charge is 0.363 e. The number of nitrogens with one attached hydrogen (secondary N) is 2. The van der Waals surface area contributed by atoms with Gasteiger partial charge in [-0.05, 0) is 17.7 Å². The first kappa shape index (κ1) is 18.8. The Hall–Kier alpha value is -2.94. The molecule has 9 heteroatoms. The molecule has 0 aromatic heterocycles. The number of amides is 2. The van der Waals surface area contributed by atoms with Gasteiger partial charge in [0.15, 0.2) is 5.78 Å². The number of ketones is 1. The molecule has 1 aliphatic heterocycles. The molecule has 0 saturated carbocycles. The highest BCUT2D eigenvalue weighted by molar-refractivity contribution is 6.00. The molecule has 0 bridgehead atoms. The molecule has 1 heterocycles. The van der Waals surface area contributed by atoms with E-state index in [4.69, 9.17) is 0 Å². The molecule has 3 atom stereocenters. The average molecular weight is 382 g/mol. The fourth-order valence-electron chi connectivity index (χ4n) is 3.10. The number of rotatable bonds is 3. The molecule has 2 aromatic carbocycles. The normalized spacial score (nSPS) is 25.4. The van der Waals surface area contributed by atoms with Gasteiger partial charge in [0.2, 0.25) is 5.72 Å². The molecule has 2 amide bonds. The number of carbonyl (C=O) groups is 2. The molecule has 0 radical (unpaired) electrons. The summed E-state index contributed by atoms with van der Waals surface area (Å²) in [5, 5.41) is 14.0. The Balaban J connectivity index is 2.17. The summed E-state index contributed by atoms with van der Waals surface area (Å²) in [6, 6.07) is 8.58. The third-order valence-corrected chi connectivity index (χ3v) is 4.35. The van der Waals surface area contributed by atoms with Gasteiger partial charge in [0.05, 0.1) is 6.04 Å². The predicted octanol–water partition coefficient (Wildman–Crippen LogP) is 2.93. The van der Waals surface area contributed by atoms with E-state index in [1.165, 1.54) is 41.7 Å². The summed E-state index contributed by atoms with van der Waals surface area (Å²) < 4.78 is 54.6. The van der Waals surface area contributed by atoms with Crippen LogP contribution in [0.25, 0.3) is 0 Å². The van der Waals surface area contributed by atoms with Crippen molar-refractivity contribution in [3.8, 4) is 0 Å². The van der Waals surface area contributed by atoms with Crippen LogP contribution < -0.4 is 10.6 Å². The second kappa shape index (κ2) is 6.66. The Labute approximate surface area is 151 Å². The summed E-state index contributed by atoms with van der Waals surface area (Å²) in [7, 11) is 0. The lowest BCUT2D eigenvalue weighted by Crippen LogP contribution is -2.72. The number of hydrogen-bond donors (Lipinski definition) is 3. The number of benzene rings is 2. The first-order chi connectivity index (χ1) is 12.6. The minimum absolute atomic E-state index is 0.0817. The van der Waals surface area contributed by atoms with Crippen molar-refractivity contribution < 1.29 is 32.3 Å². The van der Waals surface area contributed by atoms with Crippen LogP contribution in [0.1, 0.15) is 22.0 Å². The third kappa shape index (κ3) is 3.37. The molecule has 0 aliphatic carbocycles. The first-order valence-electron chi connectivity index (χ1n) is 7.86. The van der Waals surface area contributed by atoms with Crippen molar-refractivity contribution >= 4 is 11.8 Å². The summed E-state index contributed by atoms with van der Waals surface area (Å²) in [5.41, 5.74) is -4.01. The van der Waals surface area contributed by atoms with Crippen molar-refractivity contribution in [2.45, 2.75) is 17.9 Å². The van der Waals surface area contributed by atoms with Crippen molar-refractivity contribution in [2.75, 3.05) is 0 Å². The van der Waals surface area contributed by atoms with E-state index in [1.807, 2.05) is 0 Å². The van der Waals surface area contributed by atoms with Crippen LogP contribution in [0.3, 0.4) is 0 Å². The van der Waals surface area contributed by atoms with Gasteiger partial charge in [-0.2, -0.15) is 13.2 Å². The fourth-order valence-corrected chi connectivity index (χ4v) is 3.10. The number of aliphatic hydroxyl groups is 1. The molecule has 27 heavy (non-hydrogen) atoms. The first-order valence-corrected chi connectivity index (χ1v) is 7.86. The summed E-state index contributed by atoms with van der Waals surface area (Å²) in [5.74, 6) is -4.00. The SMILES string of the molecule is O=C1N[C@@H](c2cccc(F)c2)[C@@H](C(=O)c2ccccc2)[C@@](O)(C(F)(F)F)N1. The van der Waals surface area contributed by atoms with Crippen LogP contribution in [-0.4, -0.2) is 28.8 Å². The molecule has 1 aliphatic rings. The van der Waals surface area contributed by atoms with E-state index in [1.54, 1.807) is 6.07 Å². The predicted molar refractivity (Wildman–Crippen MR) is 86.1 cm³/mol. The minimum atomic E-state index is -5.36. The van der Waals surface area contributed by atoms with E-state index >= 15 is 0 Å². The topological polar surface area (TPSA) is 78.4 Å². The lowest BCUT2D eigenvalue weighted by Gasteiger charge is -2.45. The maximum Gasteiger partial charge on any atom is 0.437 e. The molecule has 3 N–H and O–H groups in total. The Morgan fingerprint density at radius 2 is 1.74 bits per heavy atom. The monoisotopic (exact) mass is 382 g/mol. The Bertz CT molecular complexity index is 872. The van der Waals surface area contributed by atoms with Crippen molar-refractivity contribution in [3.05, 3.63) is 71.5 Å². The van der Waals surface area contributed by atoms with Gasteiger partial charge in [-0.25, -0.2) is 9.18 Å². The molecule has 0 spiro atoms. The largest absolute Gasteiger partial charge is 0.437 e. The summed E-state index contributed by atoms with van der Waals surface area (Å²) in [4.78, 5) is 24.7. The lowest BCUT2D eigenvalue weighted by atomic mass is 9.77. The van der Waals surface area contributed by atoms with Crippen LogP contribution in [0.5, 0.6) is 0 Å². The second-order valence-corrected chi connectivity index (χ2v) is 6.10. The van der Waals surface area contributed by atoms with Crippen molar-refractivity contribution in [1.82, 2.24) is 10.6 Å². The van der Waals surface area contributed by atoms with Crippen molar-refractivity contribution in [2.24, 2.45) is 5.92 Å². The summed E-state index contributed by atoms with van der Waals surface area (Å²) in [6.45, 7) is 0. The third-order valence-electron chi connectivity index (χ3n) is 4.35. The van der Waals surface area contributed by atoms with Crippen molar-refractivity contribution in [3.63, 3.8) is 0 Å². The second-order valence-electron chi connectivity index (χ2n) is 6.10. The Morgan fingerprint density at radius 3 is 2.33 bits per heavy atom. The number of halogens is 4. The van der Waals surface area contributed by atoms with Crippen LogP contribution in [0.2, 0.25) is 0 Å². The fraction of sp³-hybridized carbons (Fsp3) is 0.222. The highest BCUT2D eigenvalue weighted by atomic mass is 19.4. The molecule has 5 nitrogen and oxygen atoms in total. The zero-order valence-electron chi connectivity index (χ0n) is 13.6. The molecular weight excluding hydrogens is 368 g/mol.